The molecule has 7 nitrogen and oxygen atoms in total. The minimum absolute atomic E-state index is 0.00575. The molecule has 7 heteroatoms. The molecule has 4 aliphatic carbocycles. The van der Waals surface area contributed by atoms with Crippen molar-refractivity contribution in [1.82, 2.24) is 20.9 Å². The van der Waals surface area contributed by atoms with Gasteiger partial charge in [-0.3, -0.25) is 9.69 Å². The van der Waals surface area contributed by atoms with Gasteiger partial charge in [0.25, 0.3) is 0 Å². The Balaban J connectivity index is 1.05. The van der Waals surface area contributed by atoms with Gasteiger partial charge in [-0.15, -0.1) is 0 Å². The van der Waals surface area contributed by atoms with E-state index >= 15 is 0 Å². The summed E-state index contributed by atoms with van der Waals surface area (Å²) in [4.78, 5) is 27.4. The fraction of sp³-hybridized carbons (Fsp3) is 0.760. The number of urea groups is 1. The van der Waals surface area contributed by atoms with Crippen LogP contribution in [0, 0.1) is 17.8 Å². The summed E-state index contributed by atoms with van der Waals surface area (Å²) < 4.78 is 5.65. The highest BCUT2D eigenvalue weighted by molar-refractivity contribution is 5.78. The molecular formula is C25H38N4O3. The van der Waals surface area contributed by atoms with Gasteiger partial charge in [0.05, 0.1) is 12.3 Å². The van der Waals surface area contributed by atoms with Gasteiger partial charge in [-0.2, -0.15) is 0 Å². The van der Waals surface area contributed by atoms with E-state index in [0.717, 1.165) is 55.9 Å². The third kappa shape index (κ3) is 4.98. The van der Waals surface area contributed by atoms with Crippen LogP contribution in [0.15, 0.2) is 22.8 Å². The van der Waals surface area contributed by atoms with E-state index in [1.807, 2.05) is 12.1 Å². The molecule has 0 radical (unpaired) electrons. The predicted octanol–water partition coefficient (Wildman–Crippen LogP) is 3.58. The molecule has 4 bridgehead atoms. The van der Waals surface area contributed by atoms with Gasteiger partial charge in [0.15, 0.2) is 0 Å². The summed E-state index contributed by atoms with van der Waals surface area (Å²) >= 11 is 0. The highest BCUT2D eigenvalue weighted by Crippen LogP contribution is 2.55. The monoisotopic (exact) mass is 442 g/mol. The second kappa shape index (κ2) is 9.46. The summed E-state index contributed by atoms with van der Waals surface area (Å²) in [5, 5.41) is 9.29. The highest BCUT2D eigenvalue weighted by atomic mass is 16.3. The van der Waals surface area contributed by atoms with Crippen molar-refractivity contribution >= 4 is 11.9 Å². The molecule has 176 valence electrons. The number of piperidine rings is 1. The first-order chi connectivity index (χ1) is 15.6. The van der Waals surface area contributed by atoms with Crippen molar-refractivity contribution in [3.05, 3.63) is 24.2 Å². The van der Waals surface area contributed by atoms with E-state index in [1.54, 1.807) is 6.26 Å². The molecule has 32 heavy (non-hydrogen) atoms. The fourth-order valence-corrected chi connectivity index (χ4v) is 7.26. The van der Waals surface area contributed by atoms with Crippen LogP contribution in [0.5, 0.6) is 0 Å². The number of rotatable bonds is 8. The second-order valence-corrected chi connectivity index (χ2v) is 10.8. The van der Waals surface area contributed by atoms with Crippen LogP contribution < -0.4 is 16.0 Å². The molecule has 2 heterocycles. The summed E-state index contributed by atoms with van der Waals surface area (Å²) in [7, 11) is 0. The van der Waals surface area contributed by atoms with Crippen molar-refractivity contribution in [3.63, 3.8) is 0 Å². The van der Waals surface area contributed by atoms with Gasteiger partial charge in [0.2, 0.25) is 5.91 Å². The number of carbonyl (C=O) groups is 2. The van der Waals surface area contributed by atoms with Crippen LogP contribution in [0.4, 0.5) is 4.79 Å². The zero-order valence-corrected chi connectivity index (χ0v) is 19.1. The number of nitrogens with one attached hydrogen (secondary N) is 3. The standard InChI is InChI=1S/C25H38N4O3/c30-23(27-17-21(22-5-4-10-32-22)29-8-2-1-3-9-29)6-7-26-24(31)28-25-14-18-11-19(15-25)13-20(12-18)16-25/h4-5,10,18-21H,1-3,6-9,11-17H2,(H,27,30)(H2,26,28,31). The molecule has 1 atom stereocenters. The SMILES string of the molecule is O=C(CCNC(=O)NC12CC3CC(CC(C3)C1)C2)NCC(c1ccco1)N1CCCCC1. The Morgan fingerprint density at radius 3 is 2.34 bits per heavy atom. The first-order valence-corrected chi connectivity index (χ1v) is 12.7. The van der Waals surface area contributed by atoms with E-state index in [9.17, 15) is 9.59 Å². The minimum atomic E-state index is -0.110. The Morgan fingerprint density at radius 1 is 1.03 bits per heavy atom. The third-order valence-corrected chi connectivity index (χ3v) is 8.25. The largest absolute Gasteiger partial charge is 0.468 e. The van der Waals surface area contributed by atoms with Crippen LogP contribution in [-0.2, 0) is 4.79 Å². The lowest BCUT2D eigenvalue weighted by molar-refractivity contribution is -0.121. The minimum Gasteiger partial charge on any atom is -0.468 e. The van der Waals surface area contributed by atoms with Crippen molar-refractivity contribution in [1.29, 1.82) is 0 Å². The van der Waals surface area contributed by atoms with Crippen LogP contribution in [0.3, 0.4) is 0 Å². The zero-order chi connectivity index (χ0) is 22.0. The van der Waals surface area contributed by atoms with Crippen LogP contribution in [0.2, 0.25) is 0 Å². The predicted molar refractivity (Wildman–Crippen MR) is 122 cm³/mol. The maximum atomic E-state index is 12.6. The van der Waals surface area contributed by atoms with Crippen LogP contribution in [0.25, 0.3) is 0 Å². The second-order valence-electron chi connectivity index (χ2n) is 10.8. The molecule has 3 amide bonds. The van der Waals surface area contributed by atoms with E-state index in [1.165, 1.54) is 38.5 Å². The maximum absolute atomic E-state index is 12.6. The van der Waals surface area contributed by atoms with Gasteiger partial charge in [-0.1, -0.05) is 6.42 Å². The molecule has 1 unspecified atom stereocenters. The molecular weight excluding hydrogens is 404 g/mol. The summed E-state index contributed by atoms with van der Waals surface area (Å²) in [5.41, 5.74) is 0.00575. The van der Waals surface area contributed by atoms with Gasteiger partial charge >= 0.3 is 6.03 Å². The lowest BCUT2D eigenvalue weighted by Crippen LogP contribution is -2.61. The lowest BCUT2D eigenvalue weighted by Gasteiger charge is -2.56. The number of likely N-dealkylation sites (tertiary alicyclic amines) is 1. The first kappa shape index (κ1) is 21.8. The molecule has 0 aromatic carbocycles. The molecule has 6 rings (SSSR count). The normalized spacial score (nSPS) is 32.4. The van der Waals surface area contributed by atoms with Crippen molar-refractivity contribution in [2.24, 2.45) is 17.8 Å². The molecule has 1 saturated heterocycles. The number of nitrogens with zero attached hydrogens (tertiary/aromatic N) is 1. The Morgan fingerprint density at radius 2 is 1.72 bits per heavy atom. The first-order valence-electron chi connectivity index (χ1n) is 12.7. The number of furan rings is 1. The summed E-state index contributed by atoms with van der Waals surface area (Å²) in [6.07, 6.45) is 13.1. The topological polar surface area (TPSA) is 86.6 Å². The highest BCUT2D eigenvalue weighted by Gasteiger charge is 2.51. The summed E-state index contributed by atoms with van der Waals surface area (Å²) in [5.74, 6) is 3.27. The van der Waals surface area contributed by atoms with Gasteiger partial charge in [0, 0.05) is 25.0 Å². The number of hydrogen-bond donors (Lipinski definition) is 3. The Kier molecular flexibility index (Phi) is 6.44. The smallest absolute Gasteiger partial charge is 0.315 e. The molecule has 4 saturated carbocycles. The van der Waals surface area contributed by atoms with E-state index in [4.69, 9.17) is 4.42 Å². The molecule has 3 N–H and O–H groups in total. The summed E-state index contributed by atoms with van der Waals surface area (Å²) in [6.45, 7) is 2.96. The molecule has 1 aliphatic heterocycles. The van der Waals surface area contributed by atoms with Gasteiger partial charge in [-0.25, -0.2) is 4.79 Å². The molecule has 0 spiro atoms. The van der Waals surface area contributed by atoms with E-state index in [-0.39, 0.29) is 23.5 Å². The number of hydrogen-bond acceptors (Lipinski definition) is 4. The van der Waals surface area contributed by atoms with Crippen LogP contribution >= 0.6 is 0 Å². The Labute approximate surface area is 191 Å². The molecule has 5 fully saturated rings. The third-order valence-electron chi connectivity index (χ3n) is 8.25. The van der Waals surface area contributed by atoms with Crippen LogP contribution in [-0.4, -0.2) is 48.6 Å². The maximum Gasteiger partial charge on any atom is 0.315 e. The van der Waals surface area contributed by atoms with E-state index < -0.39 is 0 Å². The summed E-state index contributed by atoms with van der Waals surface area (Å²) in [6, 6.07) is 3.85. The quantitative estimate of drug-likeness (QED) is 0.574. The number of carbonyl (C=O) groups excluding carboxylic acids is 2. The van der Waals surface area contributed by atoms with Gasteiger partial charge in [-0.05, 0) is 94.3 Å². The average Bonchev–Trinajstić information content (AvgIpc) is 3.28. The average molecular weight is 443 g/mol. The van der Waals surface area contributed by atoms with Crippen molar-refractivity contribution in [2.45, 2.75) is 75.8 Å². The van der Waals surface area contributed by atoms with Gasteiger partial charge < -0.3 is 20.4 Å². The molecule has 5 aliphatic rings. The number of amides is 3. The Bertz CT molecular complexity index is 752. The fourth-order valence-electron chi connectivity index (χ4n) is 7.26. The zero-order valence-electron chi connectivity index (χ0n) is 19.1. The van der Waals surface area contributed by atoms with E-state index in [0.29, 0.717) is 19.5 Å². The van der Waals surface area contributed by atoms with E-state index in [2.05, 4.69) is 20.9 Å². The molecule has 1 aromatic rings. The molecule has 1 aromatic heterocycles. The van der Waals surface area contributed by atoms with Crippen molar-refractivity contribution in [3.8, 4) is 0 Å². The van der Waals surface area contributed by atoms with Gasteiger partial charge in [0.1, 0.15) is 5.76 Å². The van der Waals surface area contributed by atoms with Crippen molar-refractivity contribution in [2.75, 3.05) is 26.2 Å². The van der Waals surface area contributed by atoms with Crippen LogP contribution in [0.1, 0.15) is 76.0 Å². The lowest BCUT2D eigenvalue weighted by atomic mass is 9.53. The Hall–Kier alpha value is -2.02. The van der Waals surface area contributed by atoms with Crippen molar-refractivity contribution < 1.29 is 14.0 Å².